The summed E-state index contributed by atoms with van der Waals surface area (Å²) in [5.74, 6) is -1.97. The van der Waals surface area contributed by atoms with Crippen molar-refractivity contribution in [2.75, 3.05) is 13.1 Å². The predicted molar refractivity (Wildman–Crippen MR) is 67.2 cm³/mol. The first-order valence-electron chi connectivity index (χ1n) is 5.87. The number of nitrogens with two attached hydrogens (primary N) is 1. The van der Waals surface area contributed by atoms with E-state index in [2.05, 4.69) is 5.32 Å². The fraction of sp³-hybridized carbons (Fsp3) is 0.462. The molecule has 0 spiro atoms. The topological polar surface area (TPSA) is 75.3 Å². The second-order valence-electron chi connectivity index (χ2n) is 5.06. The first kappa shape index (κ1) is 15.5. The number of amides is 1. The van der Waals surface area contributed by atoms with Gasteiger partial charge in [0.25, 0.3) is 0 Å². The molecule has 1 amide bonds. The molecule has 1 aromatic rings. The summed E-state index contributed by atoms with van der Waals surface area (Å²) >= 11 is 0. The first-order chi connectivity index (χ1) is 8.74. The van der Waals surface area contributed by atoms with Crippen molar-refractivity contribution in [1.82, 2.24) is 5.32 Å². The molecule has 1 aromatic carbocycles. The highest BCUT2D eigenvalue weighted by Gasteiger charge is 2.24. The van der Waals surface area contributed by atoms with Crippen molar-refractivity contribution in [2.45, 2.75) is 20.0 Å². The molecule has 1 rings (SSSR count). The van der Waals surface area contributed by atoms with E-state index in [-0.39, 0.29) is 18.7 Å². The van der Waals surface area contributed by atoms with Gasteiger partial charge in [-0.2, -0.15) is 0 Å². The summed E-state index contributed by atoms with van der Waals surface area (Å²) in [4.78, 5) is 11.1. The minimum atomic E-state index is -1.12. The van der Waals surface area contributed by atoms with Crippen LogP contribution in [0.3, 0.4) is 0 Å². The molecule has 1 unspecified atom stereocenters. The van der Waals surface area contributed by atoms with Gasteiger partial charge < -0.3 is 16.2 Å². The Balaban J connectivity index is 2.56. The quantitative estimate of drug-likeness (QED) is 0.726. The largest absolute Gasteiger partial charge is 0.387 e. The maximum absolute atomic E-state index is 13.4. The number of carbonyl (C=O) groups is 1. The Bertz CT molecular complexity index is 464. The number of nitrogens with one attached hydrogen (secondary N) is 1. The van der Waals surface area contributed by atoms with E-state index in [9.17, 15) is 18.7 Å². The third-order valence-corrected chi connectivity index (χ3v) is 2.89. The molecule has 19 heavy (non-hydrogen) atoms. The molecule has 106 valence electrons. The van der Waals surface area contributed by atoms with Gasteiger partial charge in [-0.15, -0.1) is 0 Å². The van der Waals surface area contributed by atoms with E-state index < -0.39 is 29.1 Å². The van der Waals surface area contributed by atoms with Gasteiger partial charge in [-0.05, 0) is 19.9 Å². The third-order valence-electron chi connectivity index (χ3n) is 2.89. The van der Waals surface area contributed by atoms with Crippen molar-refractivity contribution in [3.63, 3.8) is 0 Å². The molecule has 1 atom stereocenters. The lowest BCUT2D eigenvalue weighted by Gasteiger charge is -2.22. The molecular weight excluding hydrogens is 254 g/mol. The molecule has 4 N–H and O–H groups in total. The van der Waals surface area contributed by atoms with Crippen molar-refractivity contribution < 1.29 is 18.7 Å². The Kier molecular flexibility index (Phi) is 4.97. The van der Waals surface area contributed by atoms with Crippen LogP contribution >= 0.6 is 0 Å². The van der Waals surface area contributed by atoms with Gasteiger partial charge in [0.1, 0.15) is 11.6 Å². The molecule has 0 heterocycles. The maximum Gasteiger partial charge on any atom is 0.224 e. The molecule has 0 aromatic heterocycles. The van der Waals surface area contributed by atoms with Crippen molar-refractivity contribution in [3.05, 3.63) is 35.4 Å². The van der Waals surface area contributed by atoms with Crippen molar-refractivity contribution in [2.24, 2.45) is 11.1 Å². The van der Waals surface area contributed by atoms with E-state index in [0.29, 0.717) is 6.07 Å². The number of carbonyl (C=O) groups excluding carboxylic acids is 1. The Morgan fingerprint density at radius 2 is 2.11 bits per heavy atom. The molecule has 0 aliphatic heterocycles. The molecule has 0 bridgehead atoms. The Morgan fingerprint density at radius 3 is 2.63 bits per heavy atom. The summed E-state index contributed by atoms with van der Waals surface area (Å²) in [6, 6.07) is 2.98. The molecule has 6 heteroatoms. The zero-order chi connectivity index (χ0) is 14.6. The van der Waals surface area contributed by atoms with Gasteiger partial charge in [-0.3, -0.25) is 4.79 Å². The van der Waals surface area contributed by atoms with Gasteiger partial charge in [0.2, 0.25) is 5.91 Å². The van der Waals surface area contributed by atoms with Crippen LogP contribution in [0.25, 0.3) is 0 Å². The first-order valence-corrected chi connectivity index (χ1v) is 5.87. The van der Waals surface area contributed by atoms with E-state index in [1.54, 1.807) is 13.8 Å². The Hall–Kier alpha value is -1.53. The van der Waals surface area contributed by atoms with E-state index in [1.807, 2.05) is 0 Å². The van der Waals surface area contributed by atoms with E-state index in [4.69, 9.17) is 5.73 Å². The normalized spacial score (nSPS) is 13.3. The average molecular weight is 272 g/mol. The molecule has 0 radical (unpaired) electrons. The van der Waals surface area contributed by atoms with E-state index >= 15 is 0 Å². The Labute approximate surface area is 110 Å². The SMILES string of the molecule is CC(C)(CNCC(O)c1ccc(F)cc1F)C(N)=O. The smallest absolute Gasteiger partial charge is 0.224 e. The number of aliphatic hydroxyl groups excluding tert-OH is 1. The van der Waals surface area contributed by atoms with Crippen LogP contribution in [0.5, 0.6) is 0 Å². The van der Waals surface area contributed by atoms with E-state index in [0.717, 1.165) is 6.07 Å². The van der Waals surface area contributed by atoms with Crippen molar-refractivity contribution in [1.29, 1.82) is 0 Å². The summed E-state index contributed by atoms with van der Waals surface area (Å²) in [6.45, 7) is 3.61. The number of rotatable bonds is 6. The standard InChI is InChI=1S/C13H18F2N2O2/c1-13(2,12(16)19)7-17-6-11(18)9-4-3-8(14)5-10(9)15/h3-5,11,17-18H,6-7H2,1-2H3,(H2,16,19). The van der Waals surface area contributed by atoms with Gasteiger partial charge in [-0.1, -0.05) is 6.07 Å². The zero-order valence-corrected chi connectivity index (χ0v) is 10.9. The second-order valence-corrected chi connectivity index (χ2v) is 5.06. The second kappa shape index (κ2) is 6.08. The van der Waals surface area contributed by atoms with Crippen molar-refractivity contribution in [3.8, 4) is 0 Å². The summed E-state index contributed by atoms with van der Waals surface area (Å²) in [6.07, 6.45) is -1.12. The number of benzene rings is 1. The lowest BCUT2D eigenvalue weighted by molar-refractivity contribution is -0.125. The van der Waals surface area contributed by atoms with Gasteiger partial charge in [-0.25, -0.2) is 8.78 Å². The monoisotopic (exact) mass is 272 g/mol. The number of halogens is 2. The van der Waals surface area contributed by atoms with Crippen LogP contribution in [0.4, 0.5) is 8.78 Å². The number of hydrogen-bond donors (Lipinski definition) is 3. The summed E-state index contributed by atoms with van der Waals surface area (Å²) in [5.41, 5.74) is 4.44. The van der Waals surface area contributed by atoms with Crippen LogP contribution in [0.2, 0.25) is 0 Å². The highest BCUT2D eigenvalue weighted by atomic mass is 19.1. The third kappa shape index (κ3) is 4.25. The lowest BCUT2D eigenvalue weighted by atomic mass is 9.92. The minimum Gasteiger partial charge on any atom is -0.387 e. The van der Waals surface area contributed by atoms with Gasteiger partial charge in [0.15, 0.2) is 0 Å². The highest BCUT2D eigenvalue weighted by Crippen LogP contribution is 2.18. The summed E-state index contributed by atoms with van der Waals surface area (Å²) in [5, 5.41) is 12.6. The molecule has 0 fully saturated rings. The van der Waals surface area contributed by atoms with Gasteiger partial charge in [0, 0.05) is 24.7 Å². The summed E-state index contributed by atoms with van der Waals surface area (Å²) in [7, 11) is 0. The predicted octanol–water partition coefficient (Wildman–Crippen LogP) is 1.10. The number of aliphatic hydroxyl groups is 1. The molecule has 4 nitrogen and oxygen atoms in total. The maximum atomic E-state index is 13.4. The molecule has 0 aliphatic carbocycles. The van der Waals surface area contributed by atoms with Crippen LogP contribution in [0, 0.1) is 17.0 Å². The van der Waals surface area contributed by atoms with Gasteiger partial charge in [0.05, 0.1) is 11.5 Å². The fourth-order valence-electron chi connectivity index (χ4n) is 1.49. The van der Waals surface area contributed by atoms with Crippen LogP contribution in [0.15, 0.2) is 18.2 Å². The van der Waals surface area contributed by atoms with Crippen LogP contribution < -0.4 is 11.1 Å². The molecule has 0 saturated carbocycles. The van der Waals surface area contributed by atoms with Crippen LogP contribution in [0.1, 0.15) is 25.5 Å². The molecular formula is C13H18F2N2O2. The summed E-state index contributed by atoms with van der Waals surface area (Å²) < 4.78 is 26.1. The Morgan fingerprint density at radius 1 is 1.47 bits per heavy atom. The van der Waals surface area contributed by atoms with Crippen LogP contribution in [-0.2, 0) is 4.79 Å². The number of primary amides is 1. The zero-order valence-electron chi connectivity index (χ0n) is 10.9. The van der Waals surface area contributed by atoms with Crippen molar-refractivity contribution >= 4 is 5.91 Å². The van der Waals surface area contributed by atoms with E-state index in [1.165, 1.54) is 6.07 Å². The average Bonchev–Trinajstić information content (AvgIpc) is 2.28. The highest BCUT2D eigenvalue weighted by molar-refractivity contribution is 5.80. The number of hydrogen-bond acceptors (Lipinski definition) is 3. The molecule has 0 aliphatic rings. The van der Waals surface area contributed by atoms with Crippen LogP contribution in [-0.4, -0.2) is 24.1 Å². The fourth-order valence-corrected chi connectivity index (χ4v) is 1.49. The van der Waals surface area contributed by atoms with Gasteiger partial charge >= 0.3 is 0 Å². The molecule has 0 saturated heterocycles. The minimum absolute atomic E-state index is 0.00535. The lowest BCUT2D eigenvalue weighted by Crippen LogP contribution is -2.41.